The van der Waals surface area contributed by atoms with E-state index in [0.717, 1.165) is 17.7 Å². The van der Waals surface area contributed by atoms with Crippen LogP contribution in [0.3, 0.4) is 0 Å². The smallest absolute Gasteiger partial charge is 0.331 e. The molecule has 1 saturated carbocycles. The first-order valence-corrected chi connectivity index (χ1v) is 6.73. The van der Waals surface area contributed by atoms with E-state index in [4.69, 9.17) is 5.73 Å². The minimum Gasteiger partial charge on any atom is -0.331 e. The van der Waals surface area contributed by atoms with Crippen LogP contribution in [0.2, 0.25) is 0 Å². The molecule has 0 aliphatic heterocycles. The van der Waals surface area contributed by atoms with Crippen molar-refractivity contribution in [1.82, 2.24) is 4.90 Å². The molecule has 112 valence electrons. The Morgan fingerprint density at radius 1 is 1.32 bits per heavy atom. The van der Waals surface area contributed by atoms with Crippen LogP contribution in [0.25, 0.3) is 0 Å². The predicted molar refractivity (Wildman–Crippen MR) is 67.4 cm³/mol. The van der Waals surface area contributed by atoms with E-state index in [2.05, 4.69) is 0 Å². The highest BCUT2D eigenvalue weighted by atomic mass is 19.4. The Morgan fingerprint density at radius 3 is 2.21 bits per heavy atom. The SMILES string of the molecule is CC(C)C(N)CC(=O)N(CC(F)(F)F)C(C)C1CC1. The number of nitrogens with two attached hydrogens (primary N) is 1. The summed E-state index contributed by atoms with van der Waals surface area (Å²) in [5, 5.41) is 0. The summed E-state index contributed by atoms with van der Waals surface area (Å²) in [5.74, 6) is -0.201. The Bertz CT molecular complexity index is 314. The standard InChI is InChI=1S/C13H23F3N2O/c1-8(2)11(17)6-12(19)18(7-13(14,15)16)9(3)10-4-5-10/h8-11H,4-7,17H2,1-3H3. The second-order valence-corrected chi connectivity index (χ2v) is 5.83. The van der Waals surface area contributed by atoms with E-state index in [9.17, 15) is 18.0 Å². The van der Waals surface area contributed by atoms with E-state index < -0.39 is 24.7 Å². The van der Waals surface area contributed by atoms with Gasteiger partial charge in [0.25, 0.3) is 0 Å². The number of carbonyl (C=O) groups is 1. The lowest BCUT2D eigenvalue weighted by molar-refractivity contribution is -0.166. The van der Waals surface area contributed by atoms with Gasteiger partial charge in [0.1, 0.15) is 6.54 Å². The van der Waals surface area contributed by atoms with Gasteiger partial charge in [0.2, 0.25) is 5.91 Å². The van der Waals surface area contributed by atoms with Crippen LogP contribution in [-0.2, 0) is 4.79 Å². The molecule has 0 bridgehead atoms. The molecular formula is C13H23F3N2O. The van der Waals surface area contributed by atoms with Gasteiger partial charge in [-0.05, 0) is 31.6 Å². The van der Waals surface area contributed by atoms with Crippen LogP contribution >= 0.6 is 0 Å². The van der Waals surface area contributed by atoms with Crippen LogP contribution in [-0.4, -0.2) is 35.6 Å². The van der Waals surface area contributed by atoms with Crippen molar-refractivity contribution >= 4 is 5.91 Å². The average molecular weight is 280 g/mol. The third-order valence-electron chi connectivity index (χ3n) is 3.73. The first-order valence-electron chi connectivity index (χ1n) is 6.73. The van der Waals surface area contributed by atoms with Gasteiger partial charge < -0.3 is 10.6 Å². The molecule has 0 radical (unpaired) electrons. The van der Waals surface area contributed by atoms with Gasteiger partial charge in [-0.3, -0.25) is 4.79 Å². The number of carbonyl (C=O) groups excluding carboxylic acids is 1. The molecule has 6 heteroatoms. The lowest BCUT2D eigenvalue weighted by Gasteiger charge is -2.31. The Morgan fingerprint density at radius 2 is 1.84 bits per heavy atom. The van der Waals surface area contributed by atoms with Crippen molar-refractivity contribution < 1.29 is 18.0 Å². The molecule has 0 aromatic rings. The van der Waals surface area contributed by atoms with Crippen molar-refractivity contribution in [2.45, 2.75) is 58.3 Å². The van der Waals surface area contributed by atoms with E-state index in [0.29, 0.717) is 0 Å². The minimum atomic E-state index is -4.36. The number of amides is 1. The van der Waals surface area contributed by atoms with E-state index >= 15 is 0 Å². The van der Waals surface area contributed by atoms with E-state index in [1.54, 1.807) is 6.92 Å². The van der Waals surface area contributed by atoms with Gasteiger partial charge in [-0.1, -0.05) is 13.8 Å². The fourth-order valence-corrected chi connectivity index (χ4v) is 2.04. The monoisotopic (exact) mass is 280 g/mol. The predicted octanol–water partition coefficient (Wildman–Crippen LogP) is 2.55. The molecule has 2 N–H and O–H groups in total. The molecule has 0 spiro atoms. The molecule has 1 amide bonds. The average Bonchev–Trinajstić information content (AvgIpc) is 3.06. The van der Waals surface area contributed by atoms with Gasteiger partial charge in [0.05, 0.1) is 0 Å². The summed E-state index contributed by atoms with van der Waals surface area (Å²) >= 11 is 0. The van der Waals surface area contributed by atoms with Gasteiger partial charge >= 0.3 is 6.18 Å². The number of rotatable bonds is 6. The molecule has 2 atom stereocenters. The van der Waals surface area contributed by atoms with E-state index in [-0.39, 0.29) is 24.3 Å². The molecule has 19 heavy (non-hydrogen) atoms. The van der Waals surface area contributed by atoms with Gasteiger partial charge in [-0.15, -0.1) is 0 Å². The molecule has 1 aliphatic rings. The molecule has 0 heterocycles. The van der Waals surface area contributed by atoms with Crippen molar-refractivity contribution in [3.05, 3.63) is 0 Å². The Balaban J connectivity index is 2.69. The van der Waals surface area contributed by atoms with Gasteiger partial charge in [0, 0.05) is 18.5 Å². The highest BCUT2D eigenvalue weighted by molar-refractivity contribution is 5.77. The largest absolute Gasteiger partial charge is 0.406 e. The molecule has 2 unspecified atom stereocenters. The first kappa shape index (κ1) is 16.3. The first-order chi connectivity index (χ1) is 8.61. The Kier molecular flexibility index (Phi) is 5.24. The van der Waals surface area contributed by atoms with Crippen LogP contribution in [0, 0.1) is 11.8 Å². The normalized spacial score (nSPS) is 19.4. The molecule has 0 saturated heterocycles. The molecule has 0 aromatic carbocycles. The molecule has 0 aromatic heterocycles. The quantitative estimate of drug-likeness (QED) is 0.812. The van der Waals surface area contributed by atoms with Gasteiger partial charge in [-0.25, -0.2) is 0 Å². The zero-order valence-corrected chi connectivity index (χ0v) is 11.7. The van der Waals surface area contributed by atoms with Gasteiger partial charge in [-0.2, -0.15) is 13.2 Å². The summed E-state index contributed by atoms with van der Waals surface area (Å²) in [6.45, 7) is 4.24. The second kappa shape index (κ2) is 6.11. The second-order valence-electron chi connectivity index (χ2n) is 5.83. The summed E-state index contributed by atoms with van der Waals surface area (Å²) in [6, 6.07) is -0.747. The minimum absolute atomic E-state index is 0.0230. The lowest BCUT2D eigenvalue weighted by atomic mass is 10.0. The highest BCUT2D eigenvalue weighted by Gasteiger charge is 2.40. The van der Waals surface area contributed by atoms with Gasteiger partial charge in [0.15, 0.2) is 0 Å². The molecule has 1 fully saturated rings. The summed E-state index contributed by atoms with van der Waals surface area (Å²) in [6.07, 6.45) is -2.58. The molecule has 3 nitrogen and oxygen atoms in total. The lowest BCUT2D eigenvalue weighted by Crippen LogP contribution is -2.47. The Hall–Kier alpha value is -0.780. The van der Waals surface area contributed by atoms with Crippen molar-refractivity contribution in [2.75, 3.05) is 6.54 Å². The number of hydrogen-bond donors (Lipinski definition) is 1. The molecule has 1 rings (SSSR count). The zero-order valence-electron chi connectivity index (χ0n) is 11.7. The third-order valence-corrected chi connectivity index (χ3v) is 3.73. The van der Waals surface area contributed by atoms with Crippen LogP contribution in [0.1, 0.15) is 40.0 Å². The van der Waals surface area contributed by atoms with E-state index in [1.165, 1.54) is 0 Å². The molecular weight excluding hydrogens is 257 g/mol. The van der Waals surface area contributed by atoms with Crippen molar-refractivity contribution in [3.8, 4) is 0 Å². The van der Waals surface area contributed by atoms with Crippen LogP contribution in [0.5, 0.6) is 0 Å². The molecule has 1 aliphatic carbocycles. The fourth-order valence-electron chi connectivity index (χ4n) is 2.04. The van der Waals surface area contributed by atoms with Crippen molar-refractivity contribution in [3.63, 3.8) is 0 Å². The Labute approximate surface area is 112 Å². The number of halogens is 3. The van der Waals surface area contributed by atoms with Crippen LogP contribution in [0.4, 0.5) is 13.2 Å². The number of alkyl halides is 3. The van der Waals surface area contributed by atoms with Crippen molar-refractivity contribution in [1.29, 1.82) is 0 Å². The number of nitrogens with zero attached hydrogens (tertiary/aromatic N) is 1. The summed E-state index contributed by atoms with van der Waals surface area (Å²) < 4.78 is 37.7. The van der Waals surface area contributed by atoms with E-state index in [1.807, 2.05) is 13.8 Å². The highest BCUT2D eigenvalue weighted by Crippen LogP contribution is 2.36. The summed E-state index contributed by atoms with van der Waals surface area (Å²) in [5.41, 5.74) is 5.78. The van der Waals surface area contributed by atoms with Crippen molar-refractivity contribution in [2.24, 2.45) is 17.6 Å². The maximum Gasteiger partial charge on any atom is 0.406 e. The maximum atomic E-state index is 12.6. The fraction of sp³-hybridized carbons (Fsp3) is 0.923. The summed E-state index contributed by atoms with van der Waals surface area (Å²) in [7, 11) is 0. The topological polar surface area (TPSA) is 46.3 Å². The zero-order chi connectivity index (χ0) is 14.8. The number of hydrogen-bond acceptors (Lipinski definition) is 2. The summed E-state index contributed by atoms with van der Waals surface area (Å²) in [4.78, 5) is 13.0. The van der Waals surface area contributed by atoms with Crippen LogP contribution in [0.15, 0.2) is 0 Å². The van der Waals surface area contributed by atoms with Crippen LogP contribution < -0.4 is 5.73 Å². The maximum absolute atomic E-state index is 12.6. The third kappa shape index (κ3) is 5.38.